The summed E-state index contributed by atoms with van der Waals surface area (Å²) in [6, 6.07) is 18.2. The van der Waals surface area contributed by atoms with Crippen molar-refractivity contribution in [2.75, 3.05) is 11.5 Å². The van der Waals surface area contributed by atoms with E-state index in [1.165, 1.54) is 0 Å². The van der Waals surface area contributed by atoms with Crippen molar-refractivity contribution in [1.82, 2.24) is 31.2 Å². The van der Waals surface area contributed by atoms with Gasteiger partial charge in [0.2, 0.25) is 23.6 Å². The zero-order valence-electron chi connectivity index (χ0n) is 28.0. The third kappa shape index (κ3) is 9.54. The van der Waals surface area contributed by atoms with Crippen LogP contribution in [-0.4, -0.2) is 86.4 Å². The molecule has 52 heavy (non-hydrogen) atoms. The van der Waals surface area contributed by atoms with Crippen LogP contribution in [0.25, 0.3) is 21.8 Å². The van der Waals surface area contributed by atoms with Gasteiger partial charge in [0.1, 0.15) is 24.2 Å². The Morgan fingerprint density at radius 2 is 1.00 bits per heavy atom. The summed E-state index contributed by atoms with van der Waals surface area (Å²) in [5.74, 6) is -4.24. The number of hydrogen-bond donors (Lipinski definition) is 10. The number of aromatic nitrogens is 2. The third-order valence-electron chi connectivity index (χ3n) is 8.71. The van der Waals surface area contributed by atoms with E-state index in [4.69, 9.17) is 5.73 Å². The minimum Gasteiger partial charge on any atom is -0.480 e. The van der Waals surface area contributed by atoms with Gasteiger partial charge in [0.15, 0.2) is 0 Å². The van der Waals surface area contributed by atoms with Crippen LogP contribution in [0.5, 0.6) is 0 Å². The van der Waals surface area contributed by atoms with E-state index >= 15 is 0 Å². The van der Waals surface area contributed by atoms with Gasteiger partial charge in [-0.05, 0) is 35.2 Å². The summed E-state index contributed by atoms with van der Waals surface area (Å²) in [6.45, 7) is 0. The molecule has 0 saturated carbocycles. The quantitative estimate of drug-likeness (QED) is 0.0639. The zero-order valence-corrected chi connectivity index (χ0v) is 29.8. The highest BCUT2D eigenvalue weighted by atomic mass is 32.1. The fraction of sp³-hybridized carbons (Fsp3) is 0.270. The highest BCUT2D eigenvalue weighted by Crippen LogP contribution is 2.21. The number of carboxylic acid groups (broad SMARTS) is 1. The number of aliphatic carboxylic acids is 1. The summed E-state index contributed by atoms with van der Waals surface area (Å²) < 4.78 is 0. The molecule has 0 spiro atoms. The van der Waals surface area contributed by atoms with Gasteiger partial charge in [-0.15, -0.1) is 0 Å². The smallest absolute Gasteiger partial charge is 0.326 e. The number of nitrogens with two attached hydrogens (primary N) is 1. The summed E-state index contributed by atoms with van der Waals surface area (Å²) >= 11 is 8.49. The van der Waals surface area contributed by atoms with Crippen LogP contribution in [0.2, 0.25) is 0 Å². The summed E-state index contributed by atoms with van der Waals surface area (Å²) in [5, 5.41) is 22.2. The molecule has 0 aliphatic heterocycles. The average molecular weight is 744 g/mol. The molecule has 5 atom stereocenters. The van der Waals surface area contributed by atoms with Crippen LogP contribution in [0, 0.1) is 0 Å². The first kappa shape index (κ1) is 38.0. The van der Waals surface area contributed by atoms with Crippen molar-refractivity contribution in [2.45, 2.75) is 49.5 Å². The number of hydrogen-bond acceptors (Lipinski definition) is 8. The second kappa shape index (κ2) is 17.8. The fourth-order valence-electron chi connectivity index (χ4n) is 5.89. The van der Waals surface area contributed by atoms with Crippen LogP contribution in [0.1, 0.15) is 16.7 Å². The first-order valence-electron chi connectivity index (χ1n) is 16.6. The predicted octanol–water partition coefficient (Wildman–Crippen LogP) is 1.89. The van der Waals surface area contributed by atoms with Crippen molar-refractivity contribution in [1.29, 1.82) is 0 Å². The number of fused-ring (bicyclic) bond motifs is 2. The maximum Gasteiger partial charge on any atom is 0.326 e. The Balaban J connectivity index is 1.29. The molecule has 4 amide bonds. The van der Waals surface area contributed by atoms with E-state index < -0.39 is 59.8 Å². The van der Waals surface area contributed by atoms with Crippen LogP contribution in [-0.2, 0) is 43.2 Å². The fourth-order valence-corrected chi connectivity index (χ4v) is 6.41. The summed E-state index contributed by atoms with van der Waals surface area (Å²) in [4.78, 5) is 72.3. The lowest BCUT2D eigenvalue weighted by Gasteiger charge is -2.25. The molecular formula is C37H41N7O6S2. The highest BCUT2D eigenvalue weighted by Gasteiger charge is 2.32. The van der Waals surface area contributed by atoms with Crippen LogP contribution < -0.4 is 27.0 Å². The van der Waals surface area contributed by atoms with Crippen LogP contribution in [0.4, 0.5) is 0 Å². The van der Waals surface area contributed by atoms with Crippen LogP contribution >= 0.6 is 25.3 Å². The molecule has 2 aromatic heterocycles. The maximum absolute atomic E-state index is 13.9. The minimum absolute atomic E-state index is 0.00285. The monoisotopic (exact) mass is 743 g/mol. The second-order valence-electron chi connectivity index (χ2n) is 12.4. The molecule has 2 heterocycles. The van der Waals surface area contributed by atoms with Gasteiger partial charge in [0.25, 0.3) is 0 Å². The van der Waals surface area contributed by atoms with E-state index in [0.717, 1.165) is 27.4 Å². The summed E-state index contributed by atoms with van der Waals surface area (Å²) in [6.07, 6.45) is 3.66. The first-order chi connectivity index (χ1) is 25.1. The van der Waals surface area contributed by atoms with E-state index in [9.17, 15) is 29.1 Å². The van der Waals surface area contributed by atoms with E-state index in [-0.39, 0.29) is 30.8 Å². The molecule has 0 bridgehead atoms. The number of carboxylic acids is 1. The SMILES string of the molecule is N[C@@H](Cc1ccccc1)C(=O)N[C@@H](CS)C(=O)N[C@@H](CS)C(=O)N[C@@H](Cc1c[nH]c2ccccc12)C(=O)N[C@@H](Cc1c[nH]c2ccccc12)C(=O)O. The Bertz CT molecular complexity index is 2030. The number of rotatable bonds is 17. The minimum atomic E-state index is -1.32. The Labute approximate surface area is 310 Å². The van der Waals surface area contributed by atoms with Gasteiger partial charge < -0.3 is 42.1 Å². The lowest BCUT2D eigenvalue weighted by molar-refractivity contribution is -0.142. The molecule has 0 radical (unpaired) electrons. The third-order valence-corrected chi connectivity index (χ3v) is 9.44. The van der Waals surface area contributed by atoms with E-state index in [0.29, 0.717) is 11.1 Å². The topological polar surface area (TPSA) is 211 Å². The number of H-pyrrole nitrogens is 2. The number of nitrogens with one attached hydrogen (secondary N) is 6. The van der Waals surface area contributed by atoms with Crippen molar-refractivity contribution in [3.8, 4) is 0 Å². The van der Waals surface area contributed by atoms with Crippen molar-refractivity contribution >= 4 is 76.7 Å². The molecule has 0 aliphatic rings. The molecule has 5 rings (SSSR count). The average Bonchev–Trinajstić information content (AvgIpc) is 3.76. The molecule has 0 fully saturated rings. The Morgan fingerprint density at radius 1 is 0.577 bits per heavy atom. The van der Waals surface area contributed by atoms with Gasteiger partial charge in [-0.2, -0.15) is 25.3 Å². The van der Waals surface area contributed by atoms with E-state index in [2.05, 4.69) is 56.5 Å². The first-order valence-corrected chi connectivity index (χ1v) is 17.9. The van der Waals surface area contributed by atoms with Crippen molar-refractivity contribution in [3.63, 3.8) is 0 Å². The number of benzene rings is 3. The second-order valence-corrected chi connectivity index (χ2v) is 13.1. The van der Waals surface area contributed by atoms with Crippen molar-refractivity contribution in [3.05, 3.63) is 108 Å². The van der Waals surface area contributed by atoms with Gasteiger partial charge in [0.05, 0.1) is 6.04 Å². The standard InChI is InChI=1S/C37H41N7O6S2/c38-26(14-21-8-2-1-3-9-21)33(45)43-31(19-51)36(48)44-32(20-52)35(47)41-29(15-22-17-39-27-12-6-4-10-24(22)27)34(46)42-30(37(49)50)16-23-18-40-28-13-7-5-11-25(23)28/h1-13,17-18,26,29-32,39-40,51-52H,14-16,19-20,38H2,(H,41,47)(H,42,46)(H,43,45)(H,44,48)(H,49,50)/t26-,29-,30-,31-,32-/m0/s1. The molecule has 0 unspecified atom stereocenters. The number of amides is 4. The summed E-state index contributed by atoms with van der Waals surface area (Å²) in [5.41, 5.74) is 9.99. The van der Waals surface area contributed by atoms with Gasteiger partial charge in [-0.1, -0.05) is 66.7 Å². The number of aromatic amines is 2. The van der Waals surface area contributed by atoms with Gasteiger partial charge >= 0.3 is 5.97 Å². The largest absolute Gasteiger partial charge is 0.480 e. The van der Waals surface area contributed by atoms with Gasteiger partial charge in [-0.25, -0.2) is 4.79 Å². The molecule has 15 heteroatoms. The van der Waals surface area contributed by atoms with Gasteiger partial charge in [-0.3, -0.25) is 19.2 Å². The molecule has 3 aromatic carbocycles. The zero-order chi connectivity index (χ0) is 37.2. The molecule has 0 aliphatic carbocycles. The van der Waals surface area contributed by atoms with E-state index in [1.54, 1.807) is 12.4 Å². The van der Waals surface area contributed by atoms with Gasteiger partial charge in [0, 0.05) is 58.5 Å². The van der Waals surface area contributed by atoms with Crippen LogP contribution in [0.3, 0.4) is 0 Å². The maximum atomic E-state index is 13.9. The number of thiol groups is 2. The molecule has 0 saturated heterocycles. The molecule has 272 valence electrons. The highest BCUT2D eigenvalue weighted by molar-refractivity contribution is 7.80. The Kier molecular flexibility index (Phi) is 13.0. The predicted molar refractivity (Wildman–Crippen MR) is 205 cm³/mol. The number of carbonyl (C=O) groups is 5. The number of carbonyl (C=O) groups excluding carboxylic acids is 4. The molecule has 9 N–H and O–H groups in total. The summed E-state index contributed by atoms with van der Waals surface area (Å²) in [7, 11) is 0. The lowest BCUT2D eigenvalue weighted by atomic mass is 10.0. The van der Waals surface area contributed by atoms with Crippen molar-refractivity contribution in [2.24, 2.45) is 5.73 Å². The molecule has 13 nitrogen and oxygen atoms in total. The van der Waals surface area contributed by atoms with E-state index in [1.807, 2.05) is 78.9 Å². The Morgan fingerprint density at radius 3 is 1.52 bits per heavy atom. The normalized spacial score (nSPS) is 14.1. The number of para-hydroxylation sites is 2. The van der Waals surface area contributed by atoms with Crippen molar-refractivity contribution < 1.29 is 29.1 Å². The Hall–Kier alpha value is -5.25. The lowest BCUT2D eigenvalue weighted by Crippen LogP contribution is -2.59. The molecule has 5 aromatic rings. The van der Waals surface area contributed by atoms with Crippen LogP contribution in [0.15, 0.2) is 91.3 Å². The molecular weight excluding hydrogens is 703 g/mol.